The summed E-state index contributed by atoms with van der Waals surface area (Å²) in [6, 6.07) is 8.06. The lowest BCUT2D eigenvalue weighted by Crippen LogP contribution is -2.56. The third-order valence-corrected chi connectivity index (χ3v) is 4.02. The second kappa shape index (κ2) is 4.74. The normalized spacial score (nSPS) is 18.5. The largest absolute Gasteiger partial charge is 0.329 e. The number of halogens is 1. The van der Waals surface area contributed by atoms with Gasteiger partial charge in [-0.25, -0.2) is 0 Å². The van der Waals surface area contributed by atoms with E-state index in [1.165, 1.54) is 24.8 Å². The molecule has 0 radical (unpaired) electrons. The van der Waals surface area contributed by atoms with Crippen LogP contribution in [0.2, 0.25) is 5.02 Å². The molecule has 2 nitrogen and oxygen atoms in total. The highest BCUT2D eigenvalue weighted by molar-refractivity contribution is 6.30. The average Bonchev–Trinajstić information content (AvgIpc) is 2.16. The van der Waals surface area contributed by atoms with Crippen molar-refractivity contribution in [2.75, 3.05) is 13.6 Å². The van der Waals surface area contributed by atoms with E-state index in [0.717, 1.165) is 18.1 Å². The fraction of sp³-hybridized carbons (Fsp3) is 0.538. The number of rotatable bonds is 4. The standard InChI is InChI=1S/C13H19ClN2/c1-16(13(10-15)6-3-7-13)9-11-4-2-5-12(14)8-11/h2,4-5,8H,3,6-7,9-10,15H2,1H3. The predicted octanol–water partition coefficient (Wildman–Crippen LogP) is 2.65. The average molecular weight is 239 g/mol. The molecule has 1 aliphatic rings. The summed E-state index contributed by atoms with van der Waals surface area (Å²) < 4.78 is 0. The maximum atomic E-state index is 5.98. The van der Waals surface area contributed by atoms with Gasteiger partial charge in [-0.3, -0.25) is 4.90 Å². The molecule has 0 saturated heterocycles. The summed E-state index contributed by atoms with van der Waals surface area (Å²) in [5.74, 6) is 0. The van der Waals surface area contributed by atoms with Gasteiger partial charge in [-0.2, -0.15) is 0 Å². The first-order valence-electron chi connectivity index (χ1n) is 5.82. The molecule has 2 N–H and O–H groups in total. The van der Waals surface area contributed by atoms with Crippen molar-refractivity contribution in [2.45, 2.75) is 31.3 Å². The fourth-order valence-electron chi connectivity index (χ4n) is 2.40. The van der Waals surface area contributed by atoms with Crippen molar-refractivity contribution in [1.82, 2.24) is 4.90 Å². The zero-order valence-corrected chi connectivity index (χ0v) is 10.5. The Bertz CT molecular complexity index is 355. The van der Waals surface area contributed by atoms with Gasteiger partial charge in [-0.15, -0.1) is 0 Å². The molecular weight excluding hydrogens is 220 g/mol. The van der Waals surface area contributed by atoms with Gasteiger partial charge in [0.25, 0.3) is 0 Å². The number of hydrogen-bond donors (Lipinski definition) is 1. The molecule has 0 bridgehead atoms. The monoisotopic (exact) mass is 238 g/mol. The van der Waals surface area contributed by atoms with E-state index in [-0.39, 0.29) is 5.54 Å². The van der Waals surface area contributed by atoms with Crippen LogP contribution in [-0.4, -0.2) is 24.0 Å². The van der Waals surface area contributed by atoms with E-state index < -0.39 is 0 Å². The minimum atomic E-state index is 0.238. The molecule has 16 heavy (non-hydrogen) atoms. The van der Waals surface area contributed by atoms with Crippen LogP contribution in [0.3, 0.4) is 0 Å². The van der Waals surface area contributed by atoms with Gasteiger partial charge >= 0.3 is 0 Å². The van der Waals surface area contributed by atoms with E-state index in [0.29, 0.717) is 0 Å². The number of nitrogens with zero attached hydrogens (tertiary/aromatic N) is 1. The van der Waals surface area contributed by atoms with Gasteiger partial charge in [0.2, 0.25) is 0 Å². The van der Waals surface area contributed by atoms with Crippen LogP contribution in [0, 0.1) is 0 Å². The molecule has 1 saturated carbocycles. The van der Waals surface area contributed by atoms with Crippen molar-refractivity contribution in [3.05, 3.63) is 34.9 Å². The highest BCUT2D eigenvalue weighted by Crippen LogP contribution is 2.36. The quantitative estimate of drug-likeness (QED) is 0.874. The summed E-state index contributed by atoms with van der Waals surface area (Å²) in [6.45, 7) is 1.68. The molecule has 1 aromatic rings. The molecule has 0 heterocycles. The number of hydrogen-bond acceptors (Lipinski definition) is 2. The highest BCUT2D eigenvalue weighted by atomic mass is 35.5. The third-order valence-electron chi connectivity index (χ3n) is 3.78. The molecule has 0 aliphatic heterocycles. The van der Waals surface area contributed by atoms with Gasteiger partial charge in [0.1, 0.15) is 0 Å². The van der Waals surface area contributed by atoms with Crippen LogP contribution in [-0.2, 0) is 6.54 Å². The third kappa shape index (κ3) is 2.24. The van der Waals surface area contributed by atoms with Gasteiger partial charge in [0, 0.05) is 23.7 Å². The van der Waals surface area contributed by atoms with E-state index in [9.17, 15) is 0 Å². The topological polar surface area (TPSA) is 29.3 Å². The van der Waals surface area contributed by atoms with Gasteiger partial charge in [0.15, 0.2) is 0 Å². The minimum absolute atomic E-state index is 0.238. The Hall–Kier alpha value is -0.570. The maximum absolute atomic E-state index is 5.98. The Morgan fingerprint density at radius 1 is 1.44 bits per heavy atom. The minimum Gasteiger partial charge on any atom is -0.329 e. The van der Waals surface area contributed by atoms with Crippen molar-refractivity contribution >= 4 is 11.6 Å². The van der Waals surface area contributed by atoms with Crippen LogP contribution in [0.4, 0.5) is 0 Å². The van der Waals surface area contributed by atoms with Crippen LogP contribution >= 0.6 is 11.6 Å². The van der Waals surface area contributed by atoms with Crippen LogP contribution in [0.5, 0.6) is 0 Å². The van der Waals surface area contributed by atoms with E-state index in [1.54, 1.807) is 0 Å². The zero-order chi connectivity index (χ0) is 11.6. The van der Waals surface area contributed by atoms with Crippen LogP contribution in [0.15, 0.2) is 24.3 Å². The van der Waals surface area contributed by atoms with Crippen molar-refractivity contribution in [3.63, 3.8) is 0 Å². The summed E-state index contributed by atoms with van der Waals surface area (Å²) in [4.78, 5) is 2.38. The predicted molar refractivity (Wildman–Crippen MR) is 68.6 cm³/mol. The number of nitrogens with two attached hydrogens (primary N) is 1. The second-order valence-electron chi connectivity index (χ2n) is 4.77. The molecule has 1 fully saturated rings. The van der Waals surface area contributed by atoms with Crippen molar-refractivity contribution in [1.29, 1.82) is 0 Å². The Morgan fingerprint density at radius 3 is 2.69 bits per heavy atom. The van der Waals surface area contributed by atoms with Gasteiger partial charge < -0.3 is 5.73 Å². The Balaban J connectivity index is 2.04. The van der Waals surface area contributed by atoms with Gasteiger partial charge in [-0.05, 0) is 44.0 Å². The van der Waals surface area contributed by atoms with Crippen molar-refractivity contribution in [3.8, 4) is 0 Å². The number of likely N-dealkylation sites (N-methyl/N-ethyl adjacent to an activating group) is 1. The molecular formula is C13H19ClN2. The summed E-state index contributed by atoms with van der Waals surface area (Å²) in [5.41, 5.74) is 7.38. The van der Waals surface area contributed by atoms with Crippen LogP contribution in [0.25, 0.3) is 0 Å². The van der Waals surface area contributed by atoms with E-state index >= 15 is 0 Å². The molecule has 0 amide bonds. The number of benzene rings is 1. The summed E-state index contributed by atoms with van der Waals surface area (Å²) in [5, 5.41) is 0.807. The zero-order valence-electron chi connectivity index (χ0n) is 9.75. The van der Waals surface area contributed by atoms with E-state index in [2.05, 4.69) is 18.0 Å². The highest BCUT2D eigenvalue weighted by Gasteiger charge is 2.39. The molecule has 0 spiro atoms. The first-order chi connectivity index (χ1) is 7.66. The van der Waals surface area contributed by atoms with Crippen molar-refractivity contribution in [2.24, 2.45) is 5.73 Å². The lowest BCUT2D eigenvalue weighted by atomic mass is 9.75. The van der Waals surface area contributed by atoms with Crippen LogP contribution in [0.1, 0.15) is 24.8 Å². The smallest absolute Gasteiger partial charge is 0.0409 e. The summed E-state index contributed by atoms with van der Waals surface area (Å²) >= 11 is 5.98. The summed E-state index contributed by atoms with van der Waals surface area (Å²) in [7, 11) is 2.16. The molecule has 1 aliphatic carbocycles. The lowest BCUT2D eigenvalue weighted by Gasteiger charge is -2.48. The van der Waals surface area contributed by atoms with Gasteiger partial charge in [-0.1, -0.05) is 23.7 Å². The van der Waals surface area contributed by atoms with E-state index in [1.807, 2.05) is 18.2 Å². The second-order valence-corrected chi connectivity index (χ2v) is 5.20. The Kier molecular flexibility index (Phi) is 3.53. The van der Waals surface area contributed by atoms with E-state index in [4.69, 9.17) is 17.3 Å². The first-order valence-corrected chi connectivity index (χ1v) is 6.20. The Labute approximate surface area is 102 Å². The first kappa shape index (κ1) is 11.9. The molecule has 3 heteroatoms. The lowest BCUT2D eigenvalue weighted by molar-refractivity contribution is 0.0398. The van der Waals surface area contributed by atoms with Gasteiger partial charge in [0.05, 0.1) is 0 Å². The molecule has 0 unspecified atom stereocenters. The summed E-state index contributed by atoms with van der Waals surface area (Å²) in [6.07, 6.45) is 3.75. The molecule has 1 aromatic carbocycles. The fourth-order valence-corrected chi connectivity index (χ4v) is 2.62. The molecule has 2 rings (SSSR count). The van der Waals surface area contributed by atoms with Crippen LogP contribution < -0.4 is 5.73 Å². The maximum Gasteiger partial charge on any atom is 0.0409 e. The van der Waals surface area contributed by atoms with Crippen molar-refractivity contribution < 1.29 is 0 Å². The molecule has 88 valence electrons. The molecule has 0 aromatic heterocycles. The Morgan fingerprint density at radius 2 is 2.19 bits per heavy atom. The molecule has 0 atom stereocenters. The SMILES string of the molecule is CN(Cc1cccc(Cl)c1)C1(CN)CCC1.